The predicted molar refractivity (Wildman–Crippen MR) is 116 cm³/mol. The Morgan fingerprint density at radius 3 is 2.53 bits per heavy atom. The van der Waals surface area contributed by atoms with Crippen molar-refractivity contribution < 1.29 is 23.5 Å². The summed E-state index contributed by atoms with van der Waals surface area (Å²) in [5, 5.41) is 11.9. The minimum absolute atomic E-state index is 0.0375. The fourth-order valence-electron chi connectivity index (χ4n) is 4.29. The van der Waals surface area contributed by atoms with Crippen molar-refractivity contribution in [3.05, 3.63) is 101 Å². The second kappa shape index (κ2) is 7.53. The number of likely N-dealkylation sites (tertiary alicyclic amines) is 1. The van der Waals surface area contributed by atoms with Gasteiger partial charge in [0.2, 0.25) is 0 Å². The summed E-state index contributed by atoms with van der Waals surface area (Å²) < 4.78 is 20.7. The summed E-state index contributed by atoms with van der Waals surface area (Å²) in [5.41, 5.74) is 1.85. The molecular formula is C25H19FN2O4. The number of Topliss-reactive ketones (excluding diaryl/α,β-unsaturated/α-hetero) is 1. The molecule has 1 saturated heterocycles. The average molecular weight is 430 g/mol. The van der Waals surface area contributed by atoms with E-state index < -0.39 is 23.5 Å². The van der Waals surface area contributed by atoms with Crippen molar-refractivity contribution in [2.24, 2.45) is 7.05 Å². The van der Waals surface area contributed by atoms with Gasteiger partial charge in [0.25, 0.3) is 11.7 Å². The first-order valence-corrected chi connectivity index (χ1v) is 10.1. The van der Waals surface area contributed by atoms with E-state index >= 15 is 0 Å². The molecule has 4 aromatic rings. The zero-order valence-corrected chi connectivity index (χ0v) is 17.2. The van der Waals surface area contributed by atoms with Crippen molar-refractivity contribution in [2.75, 3.05) is 0 Å². The molecule has 0 bridgehead atoms. The number of aliphatic hydroxyl groups excluding tert-OH is 1. The minimum atomic E-state index is -0.837. The van der Waals surface area contributed by atoms with Crippen LogP contribution in [0.3, 0.4) is 0 Å². The van der Waals surface area contributed by atoms with Gasteiger partial charge in [0, 0.05) is 35.3 Å². The number of hydrogen-bond donors (Lipinski definition) is 1. The average Bonchev–Trinajstić information content (AvgIpc) is 3.49. The van der Waals surface area contributed by atoms with Gasteiger partial charge in [0.1, 0.15) is 17.3 Å². The summed E-state index contributed by atoms with van der Waals surface area (Å²) in [6.45, 7) is 0.0612. The molecule has 1 aliphatic heterocycles. The second-order valence-electron chi connectivity index (χ2n) is 7.73. The number of amides is 1. The van der Waals surface area contributed by atoms with E-state index in [9.17, 15) is 19.1 Å². The van der Waals surface area contributed by atoms with Crippen molar-refractivity contribution in [3.8, 4) is 0 Å². The Hall–Kier alpha value is -4.13. The van der Waals surface area contributed by atoms with E-state index in [4.69, 9.17) is 4.42 Å². The van der Waals surface area contributed by atoms with Crippen LogP contribution in [0.2, 0.25) is 0 Å². The maximum Gasteiger partial charge on any atom is 0.296 e. The number of nitrogens with zero attached hydrogens (tertiary/aromatic N) is 2. The number of aliphatic hydroxyl groups is 1. The van der Waals surface area contributed by atoms with Gasteiger partial charge in [-0.05, 0) is 42.5 Å². The molecule has 0 saturated carbocycles. The molecule has 32 heavy (non-hydrogen) atoms. The first kappa shape index (κ1) is 19.8. The van der Waals surface area contributed by atoms with E-state index in [0.717, 1.165) is 10.9 Å². The van der Waals surface area contributed by atoms with Gasteiger partial charge in [-0.2, -0.15) is 0 Å². The highest BCUT2D eigenvalue weighted by atomic mass is 19.1. The number of halogens is 1. The second-order valence-corrected chi connectivity index (χ2v) is 7.73. The summed E-state index contributed by atoms with van der Waals surface area (Å²) >= 11 is 0. The van der Waals surface area contributed by atoms with Gasteiger partial charge in [-0.15, -0.1) is 0 Å². The topological polar surface area (TPSA) is 75.7 Å². The summed E-state index contributed by atoms with van der Waals surface area (Å²) in [6, 6.07) is 15.4. The van der Waals surface area contributed by atoms with E-state index in [2.05, 4.69) is 0 Å². The molecule has 6 nitrogen and oxygen atoms in total. The van der Waals surface area contributed by atoms with E-state index in [1.54, 1.807) is 12.1 Å². The molecule has 1 fully saturated rings. The number of ketones is 1. The van der Waals surface area contributed by atoms with Gasteiger partial charge >= 0.3 is 0 Å². The maximum atomic E-state index is 13.4. The van der Waals surface area contributed by atoms with E-state index in [1.165, 1.54) is 35.4 Å². The maximum absolute atomic E-state index is 13.4. The summed E-state index contributed by atoms with van der Waals surface area (Å²) in [7, 11) is 1.88. The number of fused-ring (bicyclic) bond motifs is 1. The van der Waals surface area contributed by atoms with E-state index in [1.807, 2.05) is 42.1 Å². The highest BCUT2D eigenvalue weighted by Gasteiger charge is 2.47. The number of aryl methyl sites for hydroxylation is 1. The third kappa shape index (κ3) is 3.10. The summed E-state index contributed by atoms with van der Waals surface area (Å²) in [4.78, 5) is 27.6. The molecule has 5 rings (SSSR count). The Kier molecular flexibility index (Phi) is 4.66. The Balaban J connectivity index is 1.74. The number of benzene rings is 2. The van der Waals surface area contributed by atoms with Crippen LogP contribution in [0.4, 0.5) is 4.39 Å². The molecule has 2 aromatic carbocycles. The smallest absolute Gasteiger partial charge is 0.296 e. The molecular weight excluding hydrogens is 411 g/mol. The molecule has 0 aliphatic carbocycles. The zero-order chi connectivity index (χ0) is 22.4. The third-order valence-corrected chi connectivity index (χ3v) is 5.79. The third-order valence-electron chi connectivity index (χ3n) is 5.79. The lowest BCUT2D eigenvalue weighted by atomic mass is 9.95. The number of hydrogen-bond acceptors (Lipinski definition) is 4. The van der Waals surface area contributed by atoms with Crippen molar-refractivity contribution in [1.82, 2.24) is 9.47 Å². The lowest BCUT2D eigenvalue weighted by molar-refractivity contribution is -0.140. The number of para-hydroxylation sites is 1. The SMILES string of the molecule is Cn1cc(C2/C(=C(\O)c3ccc(F)cc3)C(=O)C(=O)N2Cc2ccco2)c2ccccc21. The molecule has 1 atom stereocenters. The van der Waals surface area contributed by atoms with Gasteiger partial charge < -0.3 is 19.0 Å². The van der Waals surface area contributed by atoms with Gasteiger partial charge in [-0.25, -0.2) is 4.39 Å². The zero-order valence-electron chi connectivity index (χ0n) is 17.2. The van der Waals surface area contributed by atoms with Crippen LogP contribution in [0.5, 0.6) is 0 Å². The van der Waals surface area contributed by atoms with E-state index in [0.29, 0.717) is 11.3 Å². The van der Waals surface area contributed by atoms with Crippen LogP contribution in [-0.2, 0) is 23.2 Å². The van der Waals surface area contributed by atoms with Crippen LogP contribution in [0.1, 0.15) is 22.9 Å². The molecule has 3 heterocycles. The van der Waals surface area contributed by atoms with Crippen LogP contribution < -0.4 is 0 Å². The summed E-state index contributed by atoms with van der Waals surface area (Å²) in [5.74, 6) is -1.83. The predicted octanol–water partition coefficient (Wildman–Crippen LogP) is 4.53. The fourth-order valence-corrected chi connectivity index (χ4v) is 4.29. The molecule has 0 radical (unpaired) electrons. The normalized spacial score (nSPS) is 18.1. The fraction of sp³-hybridized carbons (Fsp3) is 0.120. The Bertz CT molecular complexity index is 1370. The van der Waals surface area contributed by atoms with Crippen LogP contribution in [0.25, 0.3) is 16.7 Å². The molecule has 0 spiro atoms. The molecule has 1 aliphatic rings. The number of carbonyl (C=O) groups excluding carboxylic acids is 2. The Morgan fingerprint density at radius 2 is 1.81 bits per heavy atom. The van der Waals surface area contributed by atoms with Gasteiger partial charge in [0.05, 0.1) is 24.4 Å². The van der Waals surface area contributed by atoms with Crippen LogP contribution in [0.15, 0.2) is 83.1 Å². The van der Waals surface area contributed by atoms with Crippen LogP contribution in [-0.4, -0.2) is 26.3 Å². The first-order valence-electron chi connectivity index (χ1n) is 10.1. The number of rotatable bonds is 4. The number of aromatic nitrogens is 1. The minimum Gasteiger partial charge on any atom is -0.507 e. The van der Waals surface area contributed by atoms with Crippen LogP contribution >= 0.6 is 0 Å². The quantitative estimate of drug-likeness (QED) is 0.293. The van der Waals surface area contributed by atoms with Crippen LogP contribution in [0, 0.1) is 5.82 Å². The summed E-state index contributed by atoms with van der Waals surface area (Å²) in [6.07, 6.45) is 3.35. The Labute approximate surface area is 182 Å². The molecule has 2 aromatic heterocycles. The largest absolute Gasteiger partial charge is 0.507 e. The molecule has 1 N–H and O–H groups in total. The first-order chi connectivity index (χ1) is 15.5. The lowest BCUT2D eigenvalue weighted by Gasteiger charge is -2.24. The van der Waals surface area contributed by atoms with Crippen molar-refractivity contribution in [3.63, 3.8) is 0 Å². The van der Waals surface area contributed by atoms with Gasteiger partial charge in [-0.3, -0.25) is 9.59 Å². The number of furan rings is 1. The standard InChI is InChI=1S/C25H19FN2O4/c1-27-14-19(18-6-2-3-7-20(18)27)22-21(23(29)15-8-10-16(26)11-9-15)24(30)25(31)28(22)13-17-5-4-12-32-17/h2-12,14,22,29H,13H2,1H3/b23-21+. The van der Waals surface area contributed by atoms with Gasteiger partial charge in [0.15, 0.2) is 0 Å². The molecule has 1 amide bonds. The van der Waals surface area contributed by atoms with Crippen molar-refractivity contribution in [2.45, 2.75) is 12.6 Å². The monoisotopic (exact) mass is 430 g/mol. The lowest BCUT2D eigenvalue weighted by Crippen LogP contribution is -2.29. The molecule has 7 heteroatoms. The Morgan fingerprint density at radius 1 is 1.06 bits per heavy atom. The highest BCUT2D eigenvalue weighted by molar-refractivity contribution is 6.46. The van der Waals surface area contributed by atoms with Crippen molar-refractivity contribution >= 4 is 28.4 Å². The highest BCUT2D eigenvalue weighted by Crippen LogP contribution is 2.43. The number of carbonyl (C=O) groups is 2. The van der Waals surface area contributed by atoms with E-state index in [-0.39, 0.29) is 23.4 Å². The van der Waals surface area contributed by atoms with Crippen molar-refractivity contribution in [1.29, 1.82) is 0 Å². The molecule has 160 valence electrons. The van der Waals surface area contributed by atoms with Gasteiger partial charge in [-0.1, -0.05) is 18.2 Å². The molecule has 1 unspecified atom stereocenters.